The molecule has 2 saturated carbocycles. The lowest BCUT2D eigenvalue weighted by atomic mass is 9.87. The van der Waals surface area contributed by atoms with Crippen molar-refractivity contribution in [2.45, 2.75) is 56.7 Å². The van der Waals surface area contributed by atoms with Crippen LogP contribution in [0.3, 0.4) is 0 Å². The molecule has 2 fully saturated rings. The van der Waals surface area contributed by atoms with Crippen molar-refractivity contribution in [3.63, 3.8) is 0 Å². The third kappa shape index (κ3) is 3.04. The van der Waals surface area contributed by atoms with E-state index in [1.807, 2.05) is 29.8 Å². The number of nitrogens with two attached hydrogens (primary N) is 1. The third-order valence-corrected chi connectivity index (χ3v) is 6.39. The Morgan fingerprint density at radius 2 is 1.97 bits per heavy atom. The molecule has 0 saturated heterocycles. The predicted octanol–water partition coefficient (Wildman–Crippen LogP) is 3.32. The summed E-state index contributed by atoms with van der Waals surface area (Å²) >= 11 is 0. The van der Waals surface area contributed by atoms with Crippen molar-refractivity contribution in [1.29, 1.82) is 0 Å². The van der Waals surface area contributed by atoms with Gasteiger partial charge in [-0.2, -0.15) is 0 Å². The van der Waals surface area contributed by atoms with Crippen molar-refractivity contribution in [3.05, 3.63) is 36.5 Å². The molecule has 160 valence electrons. The highest BCUT2D eigenvalue weighted by Crippen LogP contribution is 2.47. The maximum Gasteiger partial charge on any atom is 0.252 e. The molecule has 0 amide bonds. The number of anilines is 1. The number of rotatable bonds is 4. The van der Waals surface area contributed by atoms with Crippen LogP contribution in [0.2, 0.25) is 0 Å². The van der Waals surface area contributed by atoms with Crippen LogP contribution < -0.4 is 11.1 Å². The van der Waals surface area contributed by atoms with Crippen LogP contribution in [-0.2, 0) is 0 Å². The molecule has 0 unspecified atom stereocenters. The van der Waals surface area contributed by atoms with Gasteiger partial charge in [-0.1, -0.05) is 0 Å². The number of aromatic nitrogens is 6. The SMILES string of the molecule is Cc1nc2ncc(-c3ccn4nc(N[C@H]5C[C@H](N)C5)ncc34)cc2n1C1CC(F)(F)C1. The number of hydrogen-bond donors (Lipinski definition) is 2. The van der Waals surface area contributed by atoms with Crippen molar-refractivity contribution in [2.75, 3.05) is 5.32 Å². The summed E-state index contributed by atoms with van der Waals surface area (Å²) in [5.74, 6) is -1.32. The minimum Gasteiger partial charge on any atom is -0.350 e. The fourth-order valence-electron chi connectivity index (χ4n) is 4.68. The van der Waals surface area contributed by atoms with Crippen LogP contribution in [0.4, 0.5) is 14.7 Å². The van der Waals surface area contributed by atoms with Gasteiger partial charge in [0.2, 0.25) is 5.95 Å². The van der Waals surface area contributed by atoms with Gasteiger partial charge in [0.1, 0.15) is 5.82 Å². The normalized spacial score (nSPS) is 23.1. The second-order valence-corrected chi connectivity index (χ2v) is 8.73. The number of aryl methyl sites for hydroxylation is 1. The molecule has 0 radical (unpaired) electrons. The number of nitrogens with one attached hydrogen (secondary N) is 1. The van der Waals surface area contributed by atoms with Gasteiger partial charge in [-0.05, 0) is 31.9 Å². The Balaban J connectivity index is 1.35. The number of imidazole rings is 1. The van der Waals surface area contributed by atoms with Crippen molar-refractivity contribution in [3.8, 4) is 11.1 Å². The van der Waals surface area contributed by atoms with E-state index in [1.54, 1.807) is 16.9 Å². The van der Waals surface area contributed by atoms with Gasteiger partial charge in [-0.3, -0.25) is 0 Å². The molecule has 31 heavy (non-hydrogen) atoms. The summed E-state index contributed by atoms with van der Waals surface area (Å²) in [7, 11) is 0. The molecule has 0 aromatic carbocycles. The monoisotopic (exact) mass is 424 g/mol. The van der Waals surface area contributed by atoms with Crippen LogP contribution in [0.25, 0.3) is 27.8 Å². The fraction of sp³-hybridized carbons (Fsp3) is 0.429. The van der Waals surface area contributed by atoms with Crippen molar-refractivity contribution in [1.82, 2.24) is 29.1 Å². The van der Waals surface area contributed by atoms with E-state index in [4.69, 9.17) is 5.73 Å². The first-order valence-corrected chi connectivity index (χ1v) is 10.5. The van der Waals surface area contributed by atoms with Crippen LogP contribution in [0.15, 0.2) is 30.7 Å². The lowest BCUT2D eigenvalue weighted by Crippen LogP contribution is -2.44. The van der Waals surface area contributed by atoms with Crippen molar-refractivity contribution in [2.24, 2.45) is 5.73 Å². The molecule has 4 heterocycles. The minimum atomic E-state index is -2.59. The Kier molecular flexibility index (Phi) is 3.86. The van der Waals surface area contributed by atoms with Gasteiger partial charge in [0, 0.05) is 54.5 Å². The maximum absolute atomic E-state index is 13.5. The second kappa shape index (κ2) is 6.43. The minimum absolute atomic E-state index is 0.159. The Morgan fingerprint density at radius 3 is 2.71 bits per heavy atom. The molecule has 2 aliphatic carbocycles. The first-order chi connectivity index (χ1) is 14.9. The highest BCUT2D eigenvalue weighted by Gasteiger charge is 2.47. The maximum atomic E-state index is 13.5. The summed E-state index contributed by atoms with van der Waals surface area (Å²) < 4.78 is 30.6. The van der Waals surface area contributed by atoms with Crippen molar-refractivity contribution >= 4 is 22.6 Å². The van der Waals surface area contributed by atoms with Crippen molar-refractivity contribution < 1.29 is 8.78 Å². The van der Waals surface area contributed by atoms with E-state index in [9.17, 15) is 8.78 Å². The van der Waals surface area contributed by atoms with Gasteiger partial charge in [-0.25, -0.2) is 28.2 Å². The van der Waals surface area contributed by atoms with Crippen LogP contribution in [0, 0.1) is 6.92 Å². The average Bonchev–Trinajstić information content (AvgIpc) is 3.24. The summed E-state index contributed by atoms with van der Waals surface area (Å²) in [6.45, 7) is 1.84. The molecule has 0 atom stereocenters. The summed E-state index contributed by atoms with van der Waals surface area (Å²) in [6, 6.07) is 4.25. The number of fused-ring (bicyclic) bond motifs is 2. The van der Waals surface area contributed by atoms with E-state index in [2.05, 4.69) is 25.4 Å². The molecule has 6 rings (SSSR count). The summed E-state index contributed by atoms with van der Waals surface area (Å²) in [5, 5.41) is 7.86. The average molecular weight is 424 g/mol. The molecule has 4 aromatic rings. The largest absolute Gasteiger partial charge is 0.350 e. The van der Waals surface area contributed by atoms with E-state index >= 15 is 0 Å². The molecule has 3 N–H and O–H groups in total. The molecular weight excluding hydrogens is 402 g/mol. The number of pyridine rings is 1. The summed E-state index contributed by atoms with van der Waals surface area (Å²) in [5.41, 5.74) is 9.83. The third-order valence-electron chi connectivity index (χ3n) is 6.39. The zero-order valence-corrected chi connectivity index (χ0v) is 17.0. The Labute approximate surface area is 176 Å². The quantitative estimate of drug-likeness (QED) is 0.521. The molecule has 0 bridgehead atoms. The zero-order valence-electron chi connectivity index (χ0n) is 17.0. The molecular formula is C21H22F2N8. The van der Waals surface area contributed by atoms with E-state index in [-0.39, 0.29) is 24.9 Å². The van der Waals surface area contributed by atoms with Gasteiger partial charge in [0.05, 0.1) is 17.2 Å². The lowest BCUT2D eigenvalue weighted by Gasteiger charge is -2.36. The smallest absolute Gasteiger partial charge is 0.252 e. The molecule has 10 heteroatoms. The standard InChI is InChI=1S/C21H22F2N8/c1-11-27-19-17(31(11)15-7-21(22,23)8-15)4-12(9-25-19)16-2-3-30-18(16)10-26-20(29-30)28-14-5-13(24)6-14/h2-4,9-10,13-15H,5-8,24H2,1H3,(H,28,29)/t13-,14-. The van der Waals surface area contributed by atoms with Gasteiger partial charge in [-0.15, -0.1) is 5.10 Å². The Morgan fingerprint density at radius 1 is 1.16 bits per heavy atom. The molecule has 8 nitrogen and oxygen atoms in total. The van der Waals surface area contributed by atoms with E-state index in [1.165, 1.54) is 0 Å². The van der Waals surface area contributed by atoms with Gasteiger partial charge >= 0.3 is 0 Å². The van der Waals surface area contributed by atoms with Gasteiger partial charge < -0.3 is 15.6 Å². The highest BCUT2D eigenvalue weighted by atomic mass is 19.3. The van der Waals surface area contributed by atoms with Crippen LogP contribution in [-0.4, -0.2) is 47.1 Å². The van der Waals surface area contributed by atoms with Gasteiger partial charge in [0.25, 0.3) is 5.92 Å². The number of nitrogens with zero attached hydrogens (tertiary/aromatic N) is 6. The first kappa shape index (κ1) is 18.6. The van der Waals surface area contributed by atoms with Gasteiger partial charge in [0.15, 0.2) is 5.65 Å². The zero-order chi connectivity index (χ0) is 21.3. The lowest BCUT2D eigenvalue weighted by molar-refractivity contribution is -0.103. The van der Waals surface area contributed by atoms with E-state index in [0.29, 0.717) is 23.5 Å². The molecule has 4 aromatic heterocycles. The van der Waals surface area contributed by atoms with E-state index in [0.717, 1.165) is 35.0 Å². The Bertz CT molecular complexity index is 1300. The number of hydrogen-bond acceptors (Lipinski definition) is 6. The predicted molar refractivity (Wildman–Crippen MR) is 112 cm³/mol. The number of halogens is 2. The molecule has 0 spiro atoms. The van der Waals surface area contributed by atoms with Crippen LogP contribution in [0.5, 0.6) is 0 Å². The first-order valence-electron chi connectivity index (χ1n) is 10.5. The van der Waals surface area contributed by atoms with Crippen LogP contribution >= 0.6 is 0 Å². The summed E-state index contributed by atoms with van der Waals surface area (Å²) in [6.07, 6.45) is 6.94. The van der Waals surface area contributed by atoms with E-state index < -0.39 is 5.92 Å². The molecule has 0 aliphatic heterocycles. The highest BCUT2D eigenvalue weighted by molar-refractivity contribution is 5.85. The summed E-state index contributed by atoms with van der Waals surface area (Å²) in [4.78, 5) is 13.4. The fourth-order valence-corrected chi connectivity index (χ4v) is 4.68. The van der Waals surface area contributed by atoms with Crippen LogP contribution in [0.1, 0.15) is 37.5 Å². The number of alkyl halides is 2. The second-order valence-electron chi connectivity index (χ2n) is 8.73. The topological polar surface area (TPSA) is 98.9 Å². The molecule has 2 aliphatic rings. The Hall–Kier alpha value is -3.14.